The minimum atomic E-state index is -3.49. The molecule has 2 rings (SSSR count). The number of sulfonamides is 1. The second-order valence-electron chi connectivity index (χ2n) is 6.24. The molecule has 0 spiro atoms. The summed E-state index contributed by atoms with van der Waals surface area (Å²) in [6.07, 6.45) is 3.86. The summed E-state index contributed by atoms with van der Waals surface area (Å²) in [5.41, 5.74) is 6.50. The highest BCUT2D eigenvalue weighted by Gasteiger charge is 2.29. The van der Waals surface area contributed by atoms with Crippen molar-refractivity contribution in [2.24, 2.45) is 5.41 Å². The third-order valence-corrected chi connectivity index (χ3v) is 6.18. The molecule has 3 N–H and O–H groups in total. The van der Waals surface area contributed by atoms with Gasteiger partial charge in [-0.3, -0.25) is 0 Å². The van der Waals surface area contributed by atoms with Gasteiger partial charge in [-0.05, 0) is 65.2 Å². The molecule has 0 aliphatic heterocycles. The maximum atomic E-state index is 12.3. The van der Waals surface area contributed by atoms with Crippen molar-refractivity contribution in [2.75, 3.05) is 5.73 Å². The Morgan fingerprint density at radius 1 is 1.30 bits per heavy atom. The fraction of sp³-hybridized carbons (Fsp3) is 0.571. The van der Waals surface area contributed by atoms with E-state index in [1.807, 2.05) is 0 Å². The first-order valence-corrected chi connectivity index (χ1v) is 9.05. The highest BCUT2D eigenvalue weighted by atomic mass is 79.9. The van der Waals surface area contributed by atoms with E-state index in [4.69, 9.17) is 5.73 Å². The molecule has 1 aliphatic carbocycles. The Morgan fingerprint density at radius 2 is 1.90 bits per heavy atom. The summed E-state index contributed by atoms with van der Waals surface area (Å²) in [5, 5.41) is 0. The molecule has 0 amide bonds. The van der Waals surface area contributed by atoms with Crippen LogP contribution in [-0.4, -0.2) is 14.5 Å². The second-order valence-corrected chi connectivity index (χ2v) is 8.81. The topological polar surface area (TPSA) is 72.2 Å². The average molecular weight is 361 g/mol. The molecule has 1 fully saturated rings. The van der Waals surface area contributed by atoms with E-state index in [9.17, 15) is 8.42 Å². The zero-order chi connectivity index (χ0) is 15.0. The van der Waals surface area contributed by atoms with Crippen molar-refractivity contribution in [1.29, 1.82) is 0 Å². The molecule has 1 saturated carbocycles. The van der Waals surface area contributed by atoms with Gasteiger partial charge in [0.1, 0.15) is 0 Å². The smallest absolute Gasteiger partial charge is 0.240 e. The molecule has 0 radical (unpaired) electrons. The summed E-state index contributed by atoms with van der Waals surface area (Å²) in [7, 11) is -3.49. The standard InChI is InChI=1S/C14H21BrN2O2S/c1-14(2)7-5-10(6-8-14)17-20(18,19)11-3-4-12(15)13(16)9-11/h3-4,9-10,17H,5-8,16H2,1-2H3. The van der Waals surface area contributed by atoms with E-state index in [2.05, 4.69) is 34.5 Å². The molecule has 1 aromatic rings. The van der Waals surface area contributed by atoms with Gasteiger partial charge in [-0.1, -0.05) is 13.8 Å². The van der Waals surface area contributed by atoms with Crippen LogP contribution in [0.15, 0.2) is 27.6 Å². The first-order chi connectivity index (χ1) is 9.20. The van der Waals surface area contributed by atoms with Crippen LogP contribution in [-0.2, 0) is 10.0 Å². The van der Waals surface area contributed by atoms with Crippen LogP contribution in [0.1, 0.15) is 39.5 Å². The van der Waals surface area contributed by atoms with Crippen LogP contribution in [0.2, 0.25) is 0 Å². The summed E-state index contributed by atoms with van der Waals surface area (Å²) >= 11 is 3.27. The summed E-state index contributed by atoms with van der Waals surface area (Å²) in [6, 6.07) is 4.74. The third-order valence-electron chi connectivity index (χ3n) is 3.94. The molecule has 4 nitrogen and oxygen atoms in total. The zero-order valence-corrected chi connectivity index (χ0v) is 14.2. The van der Waals surface area contributed by atoms with Gasteiger partial charge in [-0.25, -0.2) is 13.1 Å². The van der Waals surface area contributed by atoms with Crippen LogP contribution in [0.4, 0.5) is 5.69 Å². The number of hydrogen-bond donors (Lipinski definition) is 2. The maximum absolute atomic E-state index is 12.3. The van der Waals surface area contributed by atoms with Gasteiger partial charge in [-0.15, -0.1) is 0 Å². The maximum Gasteiger partial charge on any atom is 0.240 e. The Bertz CT molecular complexity index is 589. The Balaban J connectivity index is 2.10. The highest BCUT2D eigenvalue weighted by Crippen LogP contribution is 2.35. The molecule has 0 bridgehead atoms. The van der Waals surface area contributed by atoms with Crippen molar-refractivity contribution in [3.63, 3.8) is 0 Å². The number of hydrogen-bond acceptors (Lipinski definition) is 3. The van der Waals surface area contributed by atoms with Gasteiger partial charge in [0.2, 0.25) is 10.0 Å². The third kappa shape index (κ3) is 3.74. The van der Waals surface area contributed by atoms with Gasteiger partial charge in [0.15, 0.2) is 0 Å². The largest absolute Gasteiger partial charge is 0.398 e. The molecule has 1 aliphatic rings. The Labute approximate surface area is 129 Å². The van der Waals surface area contributed by atoms with E-state index in [1.165, 1.54) is 6.07 Å². The quantitative estimate of drug-likeness (QED) is 0.812. The minimum Gasteiger partial charge on any atom is -0.398 e. The second kappa shape index (κ2) is 5.66. The SMILES string of the molecule is CC1(C)CCC(NS(=O)(=O)c2ccc(Br)c(N)c2)CC1. The number of anilines is 1. The predicted molar refractivity (Wildman–Crippen MR) is 84.9 cm³/mol. The molecule has 0 heterocycles. The van der Waals surface area contributed by atoms with E-state index < -0.39 is 10.0 Å². The van der Waals surface area contributed by atoms with Gasteiger partial charge >= 0.3 is 0 Å². The molecule has 112 valence electrons. The summed E-state index contributed by atoms with van der Waals surface area (Å²) in [5.74, 6) is 0. The van der Waals surface area contributed by atoms with Gasteiger partial charge < -0.3 is 5.73 Å². The molecular formula is C14H21BrN2O2S. The predicted octanol–water partition coefficient (Wildman–Crippen LogP) is 3.28. The molecule has 1 aromatic carbocycles. The number of nitrogens with one attached hydrogen (secondary N) is 1. The lowest BCUT2D eigenvalue weighted by molar-refractivity contribution is 0.218. The normalized spacial score (nSPS) is 19.9. The molecule has 0 aromatic heterocycles. The fourth-order valence-corrected chi connectivity index (χ4v) is 4.08. The summed E-state index contributed by atoms with van der Waals surface area (Å²) in [6.45, 7) is 4.46. The molecule has 6 heteroatoms. The van der Waals surface area contributed by atoms with Crippen molar-refractivity contribution in [1.82, 2.24) is 4.72 Å². The van der Waals surface area contributed by atoms with Crippen molar-refractivity contribution >= 4 is 31.6 Å². The average Bonchev–Trinajstić information content (AvgIpc) is 2.35. The van der Waals surface area contributed by atoms with Crippen LogP contribution in [0.5, 0.6) is 0 Å². The van der Waals surface area contributed by atoms with Crippen molar-refractivity contribution < 1.29 is 8.42 Å². The first-order valence-electron chi connectivity index (χ1n) is 6.77. The van der Waals surface area contributed by atoms with Crippen molar-refractivity contribution in [3.8, 4) is 0 Å². The Hall–Kier alpha value is -0.590. The molecule has 0 atom stereocenters. The molecular weight excluding hydrogens is 340 g/mol. The number of nitrogen functional groups attached to an aromatic ring is 1. The molecule has 0 unspecified atom stereocenters. The lowest BCUT2D eigenvalue weighted by Crippen LogP contribution is -2.39. The first kappa shape index (κ1) is 15.8. The van der Waals surface area contributed by atoms with Gasteiger partial charge in [0.25, 0.3) is 0 Å². The van der Waals surface area contributed by atoms with E-state index in [0.717, 1.165) is 25.7 Å². The van der Waals surface area contributed by atoms with E-state index in [1.54, 1.807) is 12.1 Å². The van der Waals surface area contributed by atoms with Crippen LogP contribution < -0.4 is 10.5 Å². The van der Waals surface area contributed by atoms with Crippen LogP contribution in [0.3, 0.4) is 0 Å². The lowest BCUT2D eigenvalue weighted by Gasteiger charge is -2.34. The van der Waals surface area contributed by atoms with Gasteiger partial charge in [0.05, 0.1) is 4.90 Å². The highest BCUT2D eigenvalue weighted by molar-refractivity contribution is 9.10. The van der Waals surface area contributed by atoms with E-state index in [0.29, 0.717) is 15.6 Å². The number of rotatable bonds is 3. The lowest BCUT2D eigenvalue weighted by atomic mass is 9.76. The van der Waals surface area contributed by atoms with Crippen molar-refractivity contribution in [3.05, 3.63) is 22.7 Å². The molecule has 0 saturated heterocycles. The van der Waals surface area contributed by atoms with Gasteiger partial charge in [-0.2, -0.15) is 0 Å². The summed E-state index contributed by atoms with van der Waals surface area (Å²) in [4.78, 5) is 0.225. The van der Waals surface area contributed by atoms with E-state index in [-0.39, 0.29) is 10.9 Å². The number of nitrogens with two attached hydrogens (primary N) is 1. The minimum absolute atomic E-state index is 0.0258. The van der Waals surface area contributed by atoms with Crippen LogP contribution in [0.25, 0.3) is 0 Å². The summed E-state index contributed by atoms with van der Waals surface area (Å²) < 4.78 is 28.2. The van der Waals surface area contributed by atoms with Crippen molar-refractivity contribution in [2.45, 2.75) is 50.5 Å². The fourth-order valence-electron chi connectivity index (χ4n) is 2.49. The van der Waals surface area contributed by atoms with E-state index >= 15 is 0 Å². The Kier molecular flexibility index (Phi) is 4.47. The van der Waals surface area contributed by atoms with Crippen LogP contribution in [0, 0.1) is 5.41 Å². The zero-order valence-electron chi connectivity index (χ0n) is 11.8. The molecule has 20 heavy (non-hydrogen) atoms. The monoisotopic (exact) mass is 360 g/mol. The number of halogens is 1. The van der Waals surface area contributed by atoms with Gasteiger partial charge in [0, 0.05) is 16.2 Å². The Morgan fingerprint density at radius 3 is 2.45 bits per heavy atom. The van der Waals surface area contributed by atoms with Crippen LogP contribution >= 0.6 is 15.9 Å². The number of benzene rings is 1.